The monoisotopic (exact) mass is 384 g/mol. The average molecular weight is 386 g/mol. The molecule has 120 valence electrons. The number of nitro benzene ring substituents is 1. The molecule has 2 aromatic rings. The van der Waals surface area contributed by atoms with Gasteiger partial charge in [-0.15, -0.1) is 0 Å². The zero-order valence-electron chi connectivity index (χ0n) is 11.4. The van der Waals surface area contributed by atoms with Crippen LogP contribution in [0.25, 0.3) is 0 Å². The second kappa shape index (κ2) is 6.90. The van der Waals surface area contributed by atoms with Gasteiger partial charge in [-0.2, -0.15) is 10.5 Å². The fourth-order valence-corrected chi connectivity index (χ4v) is 2.62. The van der Waals surface area contributed by atoms with Gasteiger partial charge < -0.3 is 5.32 Å². The normalized spacial score (nSPS) is 9.92. The second-order valence-electron chi connectivity index (χ2n) is 4.34. The van der Waals surface area contributed by atoms with E-state index in [2.05, 4.69) is 5.32 Å². The number of nitrogens with zero attached hydrogens (tertiary/aromatic N) is 3. The zero-order valence-corrected chi connectivity index (χ0v) is 13.7. The van der Waals surface area contributed by atoms with Crippen molar-refractivity contribution in [1.82, 2.24) is 0 Å². The molecule has 0 spiro atoms. The van der Waals surface area contributed by atoms with Crippen LogP contribution < -0.4 is 5.32 Å². The van der Waals surface area contributed by atoms with E-state index >= 15 is 0 Å². The lowest BCUT2D eigenvalue weighted by Gasteiger charge is -2.14. The molecule has 0 unspecified atom stereocenters. The Morgan fingerprint density at radius 2 is 1.67 bits per heavy atom. The van der Waals surface area contributed by atoms with Gasteiger partial charge in [-0.1, -0.05) is 34.8 Å². The van der Waals surface area contributed by atoms with Crippen molar-refractivity contribution in [2.24, 2.45) is 0 Å². The quantitative estimate of drug-likeness (QED) is 0.445. The summed E-state index contributed by atoms with van der Waals surface area (Å²) < 4.78 is 14.0. The number of hydrogen-bond donors (Lipinski definition) is 1. The molecule has 0 aliphatic carbocycles. The minimum atomic E-state index is -0.950. The summed E-state index contributed by atoms with van der Waals surface area (Å²) >= 11 is 17.9. The number of non-ortho nitro benzene ring substituents is 1. The van der Waals surface area contributed by atoms with E-state index in [4.69, 9.17) is 40.1 Å². The largest absolute Gasteiger partial charge is 0.351 e. The summed E-state index contributed by atoms with van der Waals surface area (Å²) in [7, 11) is 0. The minimum absolute atomic E-state index is 0.127. The molecule has 0 radical (unpaired) electrons. The third-order valence-electron chi connectivity index (χ3n) is 2.97. The topological polar surface area (TPSA) is 103 Å². The van der Waals surface area contributed by atoms with Crippen LogP contribution in [0.15, 0.2) is 18.2 Å². The van der Waals surface area contributed by atoms with Crippen LogP contribution in [0.1, 0.15) is 11.1 Å². The molecule has 0 saturated carbocycles. The Morgan fingerprint density at radius 1 is 1.08 bits per heavy atom. The van der Waals surface area contributed by atoms with E-state index in [1.54, 1.807) is 12.1 Å². The minimum Gasteiger partial charge on any atom is -0.351 e. The lowest BCUT2D eigenvalue weighted by molar-refractivity contribution is -0.385. The Morgan fingerprint density at radius 3 is 2.17 bits per heavy atom. The highest BCUT2D eigenvalue weighted by Crippen LogP contribution is 2.42. The van der Waals surface area contributed by atoms with Gasteiger partial charge in [0.25, 0.3) is 5.69 Å². The average Bonchev–Trinajstić information content (AvgIpc) is 2.54. The van der Waals surface area contributed by atoms with E-state index in [1.165, 1.54) is 0 Å². The van der Waals surface area contributed by atoms with E-state index in [9.17, 15) is 19.8 Å². The first-order valence-corrected chi connectivity index (χ1v) is 7.16. The third-order valence-corrected chi connectivity index (χ3v) is 4.20. The first kappa shape index (κ1) is 17.8. The summed E-state index contributed by atoms with van der Waals surface area (Å²) in [5.41, 5.74) is -1.15. The Bertz CT molecular complexity index is 951. The molecule has 0 amide bonds. The summed E-state index contributed by atoms with van der Waals surface area (Å²) in [4.78, 5) is 9.87. The van der Waals surface area contributed by atoms with E-state index in [1.807, 2.05) is 0 Å². The van der Waals surface area contributed by atoms with Crippen molar-refractivity contribution in [2.45, 2.75) is 0 Å². The maximum absolute atomic E-state index is 14.0. The Kier molecular flexibility index (Phi) is 5.10. The van der Waals surface area contributed by atoms with Gasteiger partial charge in [0.1, 0.15) is 12.1 Å². The molecule has 0 aliphatic rings. The van der Waals surface area contributed by atoms with Crippen LogP contribution in [0.5, 0.6) is 0 Å². The number of nitrogens with one attached hydrogen (secondary N) is 1. The van der Waals surface area contributed by atoms with Gasteiger partial charge in [0.05, 0.1) is 48.6 Å². The van der Waals surface area contributed by atoms with Gasteiger partial charge in [0.15, 0.2) is 5.82 Å². The lowest BCUT2D eigenvalue weighted by atomic mass is 10.1. The molecule has 0 heterocycles. The smallest absolute Gasteiger partial charge is 0.272 e. The molecule has 10 heteroatoms. The number of rotatable bonds is 3. The third kappa shape index (κ3) is 3.06. The summed E-state index contributed by atoms with van der Waals surface area (Å²) in [6, 6.07) is 6.36. The molecular formula is C14H4Cl3FN4O2. The van der Waals surface area contributed by atoms with Crippen molar-refractivity contribution < 1.29 is 9.31 Å². The van der Waals surface area contributed by atoms with Crippen molar-refractivity contribution in [1.29, 1.82) is 10.5 Å². The molecule has 24 heavy (non-hydrogen) atoms. The summed E-state index contributed by atoms with van der Waals surface area (Å²) in [6.45, 7) is 0. The van der Waals surface area contributed by atoms with Gasteiger partial charge >= 0.3 is 0 Å². The number of benzene rings is 2. The predicted molar refractivity (Wildman–Crippen MR) is 87.2 cm³/mol. The molecule has 0 atom stereocenters. The molecule has 6 nitrogen and oxygen atoms in total. The van der Waals surface area contributed by atoms with Crippen LogP contribution in [-0.2, 0) is 0 Å². The van der Waals surface area contributed by atoms with Gasteiger partial charge in [-0.05, 0) is 6.07 Å². The van der Waals surface area contributed by atoms with Crippen LogP contribution in [0, 0.1) is 38.6 Å². The summed E-state index contributed by atoms with van der Waals surface area (Å²) in [6.07, 6.45) is 0. The fraction of sp³-hybridized carbons (Fsp3) is 0. The number of anilines is 2. The first-order valence-electron chi connectivity index (χ1n) is 6.03. The SMILES string of the molecule is N#Cc1c(Cl)c(Cl)c(C#N)c(Nc2ccc([N+](=O)[O-])cc2F)c1Cl. The van der Waals surface area contributed by atoms with Gasteiger partial charge in [-0.3, -0.25) is 10.1 Å². The first-order chi connectivity index (χ1) is 11.3. The van der Waals surface area contributed by atoms with Crippen molar-refractivity contribution in [3.63, 3.8) is 0 Å². The molecule has 0 saturated heterocycles. The van der Waals surface area contributed by atoms with E-state index in [0.717, 1.165) is 12.1 Å². The van der Waals surface area contributed by atoms with Crippen LogP contribution in [0.3, 0.4) is 0 Å². The molecule has 0 aromatic heterocycles. The van der Waals surface area contributed by atoms with Crippen LogP contribution in [0.2, 0.25) is 15.1 Å². The second-order valence-corrected chi connectivity index (χ2v) is 5.47. The summed E-state index contributed by atoms with van der Waals surface area (Å²) in [5.74, 6) is -0.950. The maximum atomic E-state index is 14.0. The number of hydrogen-bond acceptors (Lipinski definition) is 5. The molecule has 0 fully saturated rings. The van der Waals surface area contributed by atoms with Crippen molar-refractivity contribution >= 4 is 51.9 Å². The van der Waals surface area contributed by atoms with E-state index in [-0.39, 0.29) is 37.6 Å². The predicted octanol–water partition coefficient (Wildman–Crippen LogP) is 5.18. The number of nitriles is 2. The van der Waals surface area contributed by atoms with Gasteiger partial charge in [0.2, 0.25) is 0 Å². The number of halogens is 4. The molecule has 0 bridgehead atoms. The molecule has 0 aliphatic heterocycles. The zero-order chi connectivity index (χ0) is 18.0. The standard InChI is InChI=1S/C14H4Cl3FN4O2/c15-11-7(4-19)13(17)14(8(5-20)12(11)16)21-10-2-1-6(22(23)24)3-9(10)18/h1-3,21H. The highest BCUT2D eigenvalue weighted by molar-refractivity contribution is 6.46. The maximum Gasteiger partial charge on any atom is 0.272 e. The Hall–Kier alpha value is -2.58. The molecule has 1 N–H and O–H groups in total. The molecule has 2 rings (SSSR count). The van der Waals surface area contributed by atoms with Crippen LogP contribution >= 0.6 is 34.8 Å². The van der Waals surface area contributed by atoms with Crippen molar-refractivity contribution in [3.8, 4) is 12.1 Å². The van der Waals surface area contributed by atoms with Crippen LogP contribution in [0.4, 0.5) is 21.5 Å². The van der Waals surface area contributed by atoms with Crippen molar-refractivity contribution in [3.05, 3.63) is 60.3 Å². The highest BCUT2D eigenvalue weighted by atomic mass is 35.5. The van der Waals surface area contributed by atoms with Crippen LogP contribution in [-0.4, -0.2) is 4.92 Å². The lowest BCUT2D eigenvalue weighted by Crippen LogP contribution is -2.01. The fourth-order valence-electron chi connectivity index (χ4n) is 1.83. The van der Waals surface area contributed by atoms with E-state index < -0.39 is 16.4 Å². The Balaban J connectivity index is 2.63. The Labute approximate surface area is 149 Å². The summed E-state index contributed by atoms with van der Waals surface area (Å²) in [5, 5.41) is 30.8. The van der Waals surface area contributed by atoms with Gasteiger partial charge in [0, 0.05) is 6.07 Å². The van der Waals surface area contributed by atoms with Crippen molar-refractivity contribution in [2.75, 3.05) is 5.32 Å². The number of nitro groups is 1. The highest BCUT2D eigenvalue weighted by Gasteiger charge is 2.22. The van der Waals surface area contributed by atoms with E-state index in [0.29, 0.717) is 6.07 Å². The molecular weight excluding hydrogens is 382 g/mol. The molecule has 2 aromatic carbocycles. The van der Waals surface area contributed by atoms with Gasteiger partial charge in [-0.25, -0.2) is 4.39 Å².